The second-order valence-electron chi connectivity index (χ2n) is 40.4. The molecule has 0 bridgehead atoms. The summed E-state index contributed by atoms with van der Waals surface area (Å²) >= 11 is 4.24. The van der Waals surface area contributed by atoms with Crippen LogP contribution in [0.5, 0.6) is 0 Å². The Morgan fingerprint density at radius 2 is 0.767 bits per heavy atom. The van der Waals surface area contributed by atoms with Crippen molar-refractivity contribution in [1.82, 2.24) is 53.6 Å². The molecule has 3 atom stereocenters. The number of nitrogens with zero attached hydrogens (tertiary/aromatic N) is 10. The average molecular weight is 1920 g/mol. The summed E-state index contributed by atoms with van der Waals surface area (Å²) < 4.78 is 42.9. The Hall–Kier alpha value is -10.5. The molecule has 5 aromatic carbocycles. The fourth-order valence-corrected chi connectivity index (χ4v) is 22.0. The van der Waals surface area contributed by atoms with Gasteiger partial charge in [-0.1, -0.05) is 54.5 Å². The Kier molecular flexibility index (Phi) is 35.0. The minimum Gasteiger partial charge on any atom is -0.444 e. The summed E-state index contributed by atoms with van der Waals surface area (Å²) in [5.74, 6) is 0.227. The van der Waals surface area contributed by atoms with E-state index in [1.807, 2.05) is 185 Å². The molecule has 16 rings (SSSR count). The number of aliphatic hydroxyl groups is 1. The number of fused-ring (bicyclic) bond motifs is 2. The van der Waals surface area contributed by atoms with Crippen molar-refractivity contribution in [3.8, 4) is 11.4 Å². The molecule has 0 radical (unpaired) electrons. The average Bonchev–Trinajstić information content (AvgIpc) is 1.59. The van der Waals surface area contributed by atoms with Crippen molar-refractivity contribution in [2.45, 2.75) is 280 Å². The summed E-state index contributed by atoms with van der Waals surface area (Å²) in [5, 5.41) is 22.6. The standard InChI is InChI=1S/C25H32N4O4.C19H18BrP.C13H11N3O.2C12H21NO3.C12H21NO2.C10H17NO3.CH4/c1-17-6-8-19(9-7-17)29-21-10-13-28(22(30)20(21)16-26-29)18(2)25(32)11-14-27(15-12-25)23(31)33-24(3,4)5;1-21(20,17-11-5-2-6-12-17,18-13-7-3-8-14-18)19-15-9-4-10-16-19;1-9-2-4-10(5-3-9)16-12-6-7-14-13(17)11(12)8-15-16;2*1-9-12(15-9)5-7-13(8-6-12)10(14)16-11(2,3)4;1-5-10-6-8-13(9-7-10)11(14)15-12(2,3)4;1-10(2,3)14-9(13)11-6-4-8(12)5-7-11;/h6-10,13,16,18,32H,11-12,14-15H2,1-5H3;2-16H,1H3;2-8H,1H3,(H,14,17);2*9H,5-8H2,1-4H3;5H,6-9H2,1-4H3;4-7H2,1-3H3;1H4. The van der Waals surface area contributed by atoms with Gasteiger partial charge >= 0.3 is 165 Å². The number of aromatic amines is 1. The number of ether oxygens (including phenoxy) is 7. The number of aryl methyl sites for hydroxylation is 2. The first-order chi connectivity index (χ1) is 61.8. The number of aromatic nitrogens is 6. The number of likely N-dealkylation sites (tertiary alicyclic amines) is 5. The fraction of sp³-hybridized carbons (Fsp3) is 0.519. The molecule has 2 spiro atoms. The van der Waals surface area contributed by atoms with Crippen LogP contribution in [-0.4, -0.2) is 224 Å². The van der Waals surface area contributed by atoms with Gasteiger partial charge in [-0.25, -0.2) is 33.3 Å². The van der Waals surface area contributed by atoms with Gasteiger partial charge in [0, 0.05) is 90.7 Å². The molecule has 11 heterocycles. The number of benzene rings is 5. The fourth-order valence-electron chi connectivity index (χ4n) is 16.3. The summed E-state index contributed by atoms with van der Waals surface area (Å²) in [6, 6.07) is 51.5. The molecule has 7 aliphatic rings. The van der Waals surface area contributed by atoms with E-state index in [0.29, 0.717) is 74.8 Å². The summed E-state index contributed by atoms with van der Waals surface area (Å²) in [6.45, 7) is 48.9. The number of amides is 5. The molecule has 29 heteroatoms. The number of hydrogen-bond acceptors (Lipinski definition) is 18. The van der Waals surface area contributed by atoms with E-state index in [9.17, 15) is 43.5 Å². The van der Waals surface area contributed by atoms with Gasteiger partial charge in [0.05, 0.1) is 80.6 Å². The van der Waals surface area contributed by atoms with Crippen molar-refractivity contribution in [2.75, 3.05) is 72.1 Å². The largest absolute Gasteiger partial charge is 0.444 e. The first-order valence-corrected chi connectivity index (χ1v) is 50.8. The topological polar surface area (TPSA) is 301 Å². The minimum absolute atomic E-state index is 0. The number of halogens is 1. The molecule has 7 saturated heterocycles. The number of hydrogen-bond donors (Lipinski definition) is 2. The number of rotatable bonds is 7. The van der Waals surface area contributed by atoms with Gasteiger partial charge in [-0.15, -0.1) is 0 Å². The summed E-state index contributed by atoms with van der Waals surface area (Å²) in [4.78, 5) is 106. The molecule has 4 aromatic heterocycles. The third-order valence-electron chi connectivity index (χ3n) is 24.5. The summed E-state index contributed by atoms with van der Waals surface area (Å²) in [6.07, 6.45) is 15.5. The molecular formula is C104H145BrN11O16P. The van der Waals surface area contributed by atoms with Crippen LogP contribution in [0.1, 0.15) is 220 Å². The van der Waals surface area contributed by atoms with Crippen LogP contribution in [0.2, 0.25) is 0 Å². The molecule has 0 saturated carbocycles. The van der Waals surface area contributed by atoms with E-state index < -0.39 is 45.0 Å². The molecule has 133 heavy (non-hydrogen) atoms. The van der Waals surface area contributed by atoms with E-state index in [-0.39, 0.29) is 66.0 Å². The summed E-state index contributed by atoms with van der Waals surface area (Å²) in [7, 11) is 0. The van der Waals surface area contributed by atoms with Crippen molar-refractivity contribution >= 4 is 94.8 Å². The van der Waals surface area contributed by atoms with Crippen LogP contribution in [0.15, 0.2) is 198 Å². The van der Waals surface area contributed by atoms with Crippen LogP contribution in [0.3, 0.4) is 0 Å². The first kappa shape index (κ1) is 106. The van der Waals surface area contributed by atoms with Crippen LogP contribution in [-0.2, 0) is 38.0 Å². The number of Topliss-reactive ketones (excluding diaryl/α,β-unsaturated/α-hetero) is 1. The van der Waals surface area contributed by atoms with Gasteiger partial charge in [-0.05, 0) is 233 Å². The van der Waals surface area contributed by atoms with Crippen LogP contribution in [0, 0.1) is 13.8 Å². The van der Waals surface area contributed by atoms with E-state index >= 15 is 0 Å². The van der Waals surface area contributed by atoms with E-state index in [1.54, 1.807) is 63.2 Å². The third-order valence-corrected chi connectivity index (χ3v) is 32.7. The zero-order valence-corrected chi connectivity index (χ0v) is 84.0. The smallest absolute Gasteiger partial charge is 0.410 e. The molecule has 27 nitrogen and oxygen atoms in total. The Labute approximate surface area is 794 Å². The number of allylic oxidation sites excluding steroid dienone is 1. The second-order valence-corrected chi connectivity index (χ2v) is 50.1. The summed E-state index contributed by atoms with van der Waals surface area (Å²) in [5.41, 5.74) is 3.69. The van der Waals surface area contributed by atoms with Gasteiger partial charge in [0.25, 0.3) is 11.1 Å². The zero-order chi connectivity index (χ0) is 96.8. The normalized spacial score (nSPS) is 18.4. The number of nitrogens with one attached hydrogen (secondary N) is 1. The molecule has 7 aliphatic heterocycles. The van der Waals surface area contributed by atoms with Gasteiger partial charge < -0.3 is 72.3 Å². The van der Waals surface area contributed by atoms with Crippen molar-refractivity contribution in [2.24, 2.45) is 0 Å². The quantitative estimate of drug-likeness (QED) is 0.0648. The van der Waals surface area contributed by atoms with Crippen molar-refractivity contribution in [1.29, 1.82) is 0 Å². The predicted molar refractivity (Wildman–Crippen MR) is 533 cm³/mol. The van der Waals surface area contributed by atoms with Gasteiger partial charge in [0.1, 0.15) is 33.8 Å². The van der Waals surface area contributed by atoms with E-state index in [0.717, 1.165) is 106 Å². The molecule has 5 amide bonds. The van der Waals surface area contributed by atoms with Gasteiger partial charge in [0.15, 0.2) is 0 Å². The molecule has 9 aromatic rings. The molecule has 2 N–H and O–H groups in total. The van der Waals surface area contributed by atoms with E-state index in [1.165, 1.54) is 27.1 Å². The SMILES string of the molecule is C.CC(C)(C)OC(=O)N1CCC(=O)CC1.CC1OC12CCN(C(=O)OC(C)(C)C)CC2.CC1OC12CCN(C(=O)OC(C)(C)C)CC2.CC=C1CCN(C(=O)OC(C)(C)C)CC1.CP(Br)(c1ccccc1)(c1ccccc1)c1ccccc1.Cc1ccc(-n2ncc3c(=O)[nH]ccc32)cc1.Cc1ccc(-n2ncc3c(=O)n(C(C)C4(O)CCN(C(=O)OC(C)(C)C)CC4)ccc32)cc1. The third kappa shape index (κ3) is 28.8. The molecule has 7 fully saturated rings. The number of carbonyl (C=O) groups is 6. The number of ketones is 1. The number of piperidine rings is 5. The number of H-pyrrole nitrogens is 1. The van der Waals surface area contributed by atoms with Crippen molar-refractivity contribution in [3.63, 3.8) is 0 Å². The molecular weight excluding hydrogens is 1770 g/mol. The zero-order valence-electron chi connectivity index (χ0n) is 81.6. The van der Waals surface area contributed by atoms with Crippen LogP contribution >= 0.6 is 20.8 Å². The second kappa shape index (κ2) is 43.9. The van der Waals surface area contributed by atoms with Crippen LogP contribution in [0.25, 0.3) is 33.2 Å². The van der Waals surface area contributed by atoms with Crippen LogP contribution in [0.4, 0.5) is 24.0 Å². The maximum atomic E-state index is 13.3. The van der Waals surface area contributed by atoms with Crippen molar-refractivity contribution < 1.29 is 67.0 Å². The maximum absolute atomic E-state index is 13.3. The molecule has 724 valence electrons. The number of carbonyl (C=O) groups excluding carboxylic acids is 6. The van der Waals surface area contributed by atoms with Crippen molar-refractivity contribution in [3.05, 3.63) is 220 Å². The van der Waals surface area contributed by atoms with E-state index in [2.05, 4.69) is 155 Å². The Bertz CT molecular complexity index is 5360. The number of pyridine rings is 2. The number of epoxide rings is 2. The Morgan fingerprint density at radius 1 is 0.466 bits per heavy atom. The first-order valence-electron chi connectivity index (χ1n) is 46.1. The Balaban J connectivity index is 0.000000178. The maximum Gasteiger partial charge on any atom is 0.410 e. The van der Waals surface area contributed by atoms with Gasteiger partial charge in [0.2, 0.25) is 0 Å². The van der Waals surface area contributed by atoms with E-state index in [4.69, 9.17) is 33.2 Å². The van der Waals surface area contributed by atoms with Gasteiger partial charge in [-0.2, -0.15) is 10.2 Å². The monoisotopic (exact) mass is 1910 g/mol. The predicted octanol–water partition coefficient (Wildman–Crippen LogP) is 19.8. The van der Waals surface area contributed by atoms with Gasteiger partial charge in [-0.3, -0.25) is 14.4 Å². The molecule has 3 unspecified atom stereocenters. The minimum atomic E-state index is -2.56. The Morgan fingerprint density at radius 3 is 1.08 bits per heavy atom. The molecule has 0 aliphatic carbocycles. The van der Waals surface area contributed by atoms with Crippen LogP contribution < -0.4 is 27.0 Å².